The van der Waals surface area contributed by atoms with Gasteiger partial charge in [0.25, 0.3) is 0 Å². The van der Waals surface area contributed by atoms with Gasteiger partial charge in [0, 0.05) is 21.8 Å². The highest BCUT2D eigenvalue weighted by Gasteiger charge is 2.11. The van der Waals surface area contributed by atoms with E-state index in [1.165, 1.54) is 0 Å². The topological polar surface area (TPSA) is 44.8 Å². The molecule has 0 saturated carbocycles. The molecule has 2 aromatic rings. The summed E-state index contributed by atoms with van der Waals surface area (Å²) in [6, 6.07) is 12.2. The molecule has 4 nitrogen and oxygen atoms in total. The molecule has 0 aliphatic carbocycles. The predicted molar refractivity (Wildman–Crippen MR) is 83.7 cm³/mol. The van der Waals surface area contributed by atoms with Crippen LogP contribution in [0.3, 0.4) is 0 Å². The van der Waals surface area contributed by atoms with Crippen molar-refractivity contribution in [3.05, 3.63) is 51.6 Å². The van der Waals surface area contributed by atoms with E-state index >= 15 is 0 Å². The number of methoxy groups -OCH3 is 2. The molecule has 2 aromatic carbocycles. The van der Waals surface area contributed by atoms with Crippen LogP contribution in [0.1, 0.15) is 10.4 Å². The van der Waals surface area contributed by atoms with Crippen LogP contribution in [-0.4, -0.2) is 20.2 Å². The Hall–Kier alpha value is -1.76. The van der Waals surface area contributed by atoms with Gasteiger partial charge in [0.2, 0.25) is 0 Å². The minimum absolute atomic E-state index is 0.380. The maximum atomic E-state index is 12.1. The molecule has 0 saturated heterocycles. The summed E-state index contributed by atoms with van der Waals surface area (Å²) >= 11 is 2.14. The van der Waals surface area contributed by atoms with Gasteiger partial charge in [-0.15, -0.1) is 0 Å². The average Bonchev–Trinajstić information content (AvgIpc) is 2.46. The second-order valence-electron chi connectivity index (χ2n) is 3.95. The maximum absolute atomic E-state index is 12.1. The van der Waals surface area contributed by atoms with Crippen molar-refractivity contribution in [1.29, 1.82) is 0 Å². The van der Waals surface area contributed by atoms with Crippen LogP contribution in [0.15, 0.2) is 42.5 Å². The van der Waals surface area contributed by atoms with E-state index in [-0.39, 0.29) is 0 Å². The molecule has 0 aromatic heterocycles. The first-order valence-corrected chi connectivity index (χ1v) is 6.91. The van der Waals surface area contributed by atoms with E-state index in [1.807, 2.05) is 12.1 Å². The summed E-state index contributed by atoms with van der Waals surface area (Å²) in [7, 11) is 3.08. The molecule has 0 amide bonds. The Labute approximate surface area is 130 Å². The highest BCUT2D eigenvalue weighted by Crippen LogP contribution is 2.28. The van der Waals surface area contributed by atoms with Crippen LogP contribution in [-0.2, 0) is 0 Å². The largest absolute Gasteiger partial charge is 0.496 e. The van der Waals surface area contributed by atoms with Crippen molar-refractivity contribution in [2.24, 2.45) is 0 Å². The summed E-state index contributed by atoms with van der Waals surface area (Å²) in [6.45, 7) is 0. The van der Waals surface area contributed by atoms with Crippen molar-refractivity contribution >= 4 is 28.6 Å². The summed E-state index contributed by atoms with van der Waals surface area (Å²) in [5, 5.41) is 0. The molecule has 5 heteroatoms. The molecule has 0 unspecified atom stereocenters. The van der Waals surface area contributed by atoms with Gasteiger partial charge < -0.3 is 14.2 Å². The Balaban J connectivity index is 2.23. The first-order chi connectivity index (χ1) is 9.62. The third-order valence-corrected chi connectivity index (χ3v) is 3.27. The number of carbonyl (C=O) groups is 1. The highest BCUT2D eigenvalue weighted by molar-refractivity contribution is 14.1. The minimum atomic E-state index is -0.418. The van der Waals surface area contributed by atoms with E-state index in [4.69, 9.17) is 14.2 Å². The number of hydrogen-bond acceptors (Lipinski definition) is 4. The lowest BCUT2D eigenvalue weighted by atomic mass is 10.2. The predicted octanol–water partition coefficient (Wildman–Crippen LogP) is 3.53. The van der Waals surface area contributed by atoms with E-state index in [0.29, 0.717) is 22.8 Å². The number of rotatable bonds is 4. The zero-order valence-corrected chi connectivity index (χ0v) is 13.2. The molecule has 0 spiro atoms. The standard InChI is InChI=1S/C15H13IO4/c1-18-12-7-13(19-2)9-14(8-12)20-15(17)10-4-3-5-11(16)6-10/h3-9H,1-2H3. The van der Waals surface area contributed by atoms with Gasteiger partial charge >= 0.3 is 5.97 Å². The Morgan fingerprint density at radius 3 is 2.10 bits per heavy atom. The molecule has 0 bridgehead atoms. The molecule has 0 atom stereocenters. The van der Waals surface area contributed by atoms with E-state index < -0.39 is 5.97 Å². The third-order valence-electron chi connectivity index (χ3n) is 2.60. The lowest BCUT2D eigenvalue weighted by Gasteiger charge is -2.09. The normalized spacial score (nSPS) is 9.95. The summed E-state index contributed by atoms with van der Waals surface area (Å²) < 4.78 is 16.6. The quantitative estimate of drug-likeness (QED) is 0.460. The monoisotopic (exact) mass is 384 g/mol. The highest BCUT2D eigenvalue weighted by atomic mass is 127. The number of benzene rings is 2. The van der Waals surface area contributed by atoms with Crippen molar-refractivity contribution in [3.8, 4) is 17.2 Å². The SMILES string of the molecule is COc1cc(OC)cc(OC(=O)c2cccc(I)c2)c1. The molecule has 0 N–H and O–H groups in total. The lowest BCUT2D eigenvalue weighted by molar-refractivity contribution is 0.0734. The molecule has 104 valence electrons. The molecule has 0 aliphatic rings. The molecular formula is C15H13IO4. The maximum Gasteiger partial charge on any atom is 0.343 e. The summed E-state index contributed by atoms with van der Waals surface area (Å²) in [6.07, 6.45) is 0. The number of ether oxygens (including phenoxy) is 3. The second-order valence-corrected chi connectivity index (χ2v) is 5.19. The van der Waals surface area contributed by atoms with Crippen LogP contribution in [0.5, 0.6) is 17.2 Å². The fourth-order valence-electron chi connectivity index (χ4n) is 1.62. The molecule has 0 radical (unpaired) electrons. The Morgan fingerprint density at radius 1 is 0.950 bits per heavy atom. The molecule has 0 aliphatic heterocycles. The molecule has 0 heterocycles. The van der Waals surface area contributed by atoms with Crippen LogP contribution in [0, 0.1) is 3.57 Å². The van der Waals surface area contributed by atoms with Crippen molar-refractivity contribution in [1.82, 2.24) is 0 Å². The molecular weight excluding hydrogens is 371 g/mol. The van der Waals surface area contributed by atoms with Crippen molar-refractivity contribution in [2.75, 3.05) is 14.2 Å². The third kappa shape index (κ3) is 3.63. The van der Waals surface area contributed by atoms with Crippen LogP contribution < -0.4 is 14.2 Å². The van der Waals surface area contributed by atoms with Crippen LogP contribution in [0.25, 0.3) is 0 Å². The van der Waals surface area contributed by atoms with Crippen LogP contribution in [0.4, 0.5) is 0 Å². The number of halogens is 1. The smallest absolute Gasteiger partial charge is 0.343 e. The number of esters is 1. The zero-order valence-electron chi connectivity index (χ0n) is 11.1. The number of carbonyl (C=O) groups excluding carboxylic acids is 1. The van der Waals surface area contributed by atoms with E-state index in [9.17, 15) is 4.79 Å². The van der Waals surface area contributed by atoms with E-state index in [1.54, 1.807) is 44.6 Å². The van der Waals surface area contributed by atoms with Gasteiger partial charge in [-0.2, -0.15) is 0 Å². The first-order valence-electron chi connectivity index (χ1n) is 5.83. The van der Waals surface area contributed by atoms with Gasteiger partial charge in [-0.1, -0.05) is 6.07 Å². The Kier molecular flexibility index (Phi) is 4.84. The lowest BCUT2D eigenvalue weighted by Crippen LogP contribution is -2.08. The van der Waals surface area contributed by atoms with Crippen molar-refractivity contribution < 1.29 is 19.0 Å². The van der Waals surface area contributed by atoms with Crippen molar-refractivity contribution in [3.63, 3.8) is 0 Å². The van der Waals surface area contributed by atoms with Crippen LogP contribution >= 0.6 is 22.6 Å². The van der Waals surface area contributed by atoms with E-state index in [0.717, 1.165) is 3.57 Å². The second kappa shape index (κ2) is 6.60. The Bertz CT molecular complexity index is 603. The average molecular weight is 384 g/mol. The fraction of sp³-hybridized carbons (Fsp3) is 0.133. The van der Waals surface area contributed by atoms with Crippen molar-refractivity contribution in [2.45, 2.75) is 0 Å². The van der Waals surface area contributed by atoms with Gasteiger partial charge in [-0.25, -0.2) is 4.79 Å². The molecule has 2 rings (SSSR count). The molecule has 20 heavy (non-hydrogen) atoms. The summed E-state index contributed by atoms with van der Waals surface area (Å²) in [5.74, 6) is 1.09. The fourth-order valence-corrected chi connectivity index (χ4v) is 2.16. The van der Waals surface area contributed by atoms with Gasteiger partial charge in [-0.3, -0.25) is 0 Å². The van der Waals surface area contributed by atoms with E-state index in [2.05, 4.69) is 22.6 Å². The number of hydrogen-bond donors (Lipinski definition) is 0. The minimum Gasteiger partial charge on any atom is -0.496 e. The first kappa shape index (κ1) is 14.6. The van der Waals surface area contributed by atoms with Crippen LogP contribution in [0.2, 0.25) is 0 Å². The van der Waals surface area contributed by atoms with Gasteiger partial charge in [0.15, 0.2) is 0 Å². The Morgan fingerprint density at radius 2 is 1.55 bits per heavy atom. The summed E-state index contributed by atoms with van der Waals surface area (Å²) in [4.78, 5) is 12.1. The van der Waals surface area contributed by atoms with Gasteiger partial charge in [-0.05, 0) is 40.8 Å². The van der Waals surface area contributed by atoms with Gasteiger partial charge in [0.1, 0.15) is 17.2 Å². The summed E-state index contributed by atoms with van der Waals surface area (Å²) in [5.41, 5.74) is 0.499. The molecule has 0 fully saturated rings. The zero-order chi connectivity index (χ0) is 14.5. The van der Waals surface area contributed by atoms with Gasteiger partial charge in [0.05, 0.1) is 19.8 Å².